The van der Waals surface area contributed by atoms with Crippen molar-refractivity contribution in [1.82, 2.24) is 4.90 Å². The Morgan fingerprint density at radius 1 is 1.52 bits per heavy atom. The van der Waals surface area contributed by atoms with E-state index in [4.69, 9.17) is 17.3 Å². The molecule has 6 heteroatoms. The molecule has 0 aliphatic carbocycles. The van der Waals surface area contributed by atoms with Crippen molar-refractivity contribution in [3.8, 4) is 0 Å². The number of aliphatic hydroxyl groups excluding tert-OH is 1. The van der Waals surface area contributed by atoms with E-state index in [-0.39, 0.29) is 12.0 Å². The van der Waals surface area contributed by atoms with E-state index in [9.17, 15) is 9.90 Å². The number of rotatable bonds is 4. The average molecular weight is 312 g/mol. The fourth-order valence-electron chi connectivity index (χ4n) is 2.62. The first kappa shape index (κ1) is 16.1. The van der Waals surface area contributed by atoms with E-state index in [2.05, 4.69) is 10.2 Å². The van der Waals surface area contributed by atoms with Gasteiger partial charge in [-0.2, -0.15) is 0 Å². The van der Waals surface area contributed by atoms with Crippen LogP contribution in [0.15, 0.2) is 18.2 Å². The Hall–Kier alpha value is -1.30. The van der Waals surface area contributed by atoms with Crippen LogP contribution in [0, 0.1) is 5.92 Å². The first-order valence-electron chi connectivity index (χ1n) is 7.21. The molecule has 1 saturated heterocycles. The predicted octanol–water partition coefficient (Wildman–Crippen LogP) is 1.95. The van der Waals surface area contributed by atoms with Gasteiger partial charge in [0.15, 0.2) is 0 Å². The van der Waals surface area contributed by atoms with Crippen LogP contribution in [0.5, 0.6) is 0 Å². The second-order valence-electron chi connectivity index (χ2n) is 5.64. The van der Waals surface area contributed by atoms with Gasteiger partial charge in [0.25, 0.3) is 0 Å². The number of nitrogen functional groups attached to an aromatic ring is 1. The van der Waals surface area contributed by atoms with Crippen LogP contribution in [0.1, 0.15) is 19.8 Å². The lowest BCUT2D eigenvalue weighted by molar-refractivity contribution is -0.117. The number of anilines is 2. The van der Waals surface area contributed by atoms with Crippen LogP contribution in [0.4, 0.5) is 11.4 Å². The standard InChI is InChI=1S/C15H22ClN3O2/c1-10(20)11-4-6-19(7-5-11)9-15(21)18-14-8-12(17)2-3-13(14)16/h2-3,8,10-11,20H,4-7,9,17H2,1H3,(H,18,21). The van der Waals surface area contributed by atoms with Gasteiger partial charge in [0.05, 0.1) is 23.4 Å². The van der Waals surface area contributed by atoms with E-state index < -0.39 is 0 Å². The summed E-state index contributed by atoms with van der Waals surface area (Å²) in [5.74, 6) is 0.241. The van der Waals surface area contributed by atoms with Crippen molar-refractivity contribution in [2.45, 2.75) is 25.9 Å². The number of nitrogens with two attached hydrogens (primary N) is 1. The molecule has 1 aliphatic heterocycles. The van der Waals surface area contributed by atoms with E-state index in [0.29, 0.717) is 28.9 Å². The fourth-order valence-corrected chi connectivity index (χ4v) is 2.79. The summed E-state index contributed by atoms with van der Waals surface area (Å²) in [6.07, 6.45) is 1.57. The minimum Gasteiger partial charge on any atom is -0.399 e. The minimum atomic E-state index is -0.271. The average Bonchev–Trinajstić information content (AvgIpc) is 2.43. The lowest BCUT2D eigenvalue weighted by atomic mass is 9.92. The largest absolute Gasteiger partial charge is 0.399 e. The van der Waals surface area contributed by atoms with Crippen LogP contribution in [0.2, 0.25) is 5.02 Å². The molecule has 2 rings (SSSR count). The Morgan fingerprint density at radius 2 is 2.19 bits per heavy atom. The van der Waals surface area contributed by atoms with Gasteiger partial charge in [-0.15, -0.1) is 0 Å². The predicted molar refractivity (Wildman–Crippen MR) is 85.3 cm³/mol. The maximum atomic E-state index is 12.1. The number of hydrogen-bond donors (Lipinski definition) is 3. The zero-order valence-corrected chi connectivity index (χ0v) is 12.9. The number of likely N-dealkylation sites (tertiary alicyclic amines) is 1. The van der Waals surface area contributed by atoms with Crippen molar-refractivity contribution >= 4 is 28.9 Å². The third-order valence-electron chi connectivity index (χ3n) is 3.95. The summed E-state index contributed by atoms with van der Waals surface area (Å²) in [5.41, 5.74) is 6.79. The first-order chi connectivity index (χ1) is 9.95. The van der Waals surface area contributed by atoms with Crippen LogP contribution >= 0.6 is 11.6 Å². The quantitative estimate of drug-likeness (QED) is 0.743. The number of piperidine rings is 1. The Labute approximate surface area is 130 Å². The molecule has 5 nitrogen and oxygen atoms in total. The summed E-state index contributed by atoms with van der Waals surface area (Å²) in [6, 6.07) is 5.01. The second kappa shape index (κ2) is 7.11. The zero-order valence-electron chi connectivity index (χ0n) is 12.2. The maximum absolute atomic E-state index is 12.1. The number of aliphatic hydroxyl groups is 1. The Balaban J connectivity index is 1.84. The van der Waals surface area contributed by atoms with Crippen molar-refractivity contribution in [3.05, 3.63) is 23.2 Å². The summed E-state index contributed by atoms with van der Waals surface area (Å²) >= 11 is 6.03. The zero-order chi connectivity index (χ0) is 15.4. The third kappa shape index (κ3) is 4.59. The van der Waals surface area contributed by atoms with Crippen LogP contribution < -0.4 is 11.1 Å². The summed E-state index contributed by atoms with van der Waals surface area (Å²) in [4.78, 5) is 14.1. The maximum Gasteiger partial charge on any atom is 0.238 e. The number of nitrogens with zero attached hydrogens (tertiary/aromatic N) is 1. The number of benzene rings is 1. The molecule has 1 amide bonds. The highest BCUT2D eigenvalue weighted by molar-refractivity contribution is 6.33. The number of halogens is 1. The van der Waals surface area contributed by atoms with Gasteiger partial charge < -0.3 is 16.2 Å². The Morgan fingerprint density at radius 3 is 2.81 bits per heavy atom. The van der Waals surface area contributed by atoms with Gasteiger partial charge in [0.2, 0.25) is 5.91 Å². The molecule has 1 heterocycles. The molecule has 1 atom stereocenters. The lowest BCUT2D eigenvalue weighted by Gasteiger charge is -2.32. The van der Waals surface area contributed by atoms with E-state index in [0.717, 1.165) is 25.9 Å². The molecule has 0 saturated carbocycles. The van der Waals surface area contributed by atoms with E-state index in [1.165, 1.54) is 0 Å². The molecule has 0 bridgehead atoms. The Kier molecular flexibility index (Phi) is 5.45. The highest BCUT2D eigenvalue weighted by Gasteiger charge is 2.23. The number of nitrogens with one attached hydrogen (secondary N) is 1. The summed E-state index contributed by atoms with van der Waals surface area (Å²) < 4.78 is 0. The van der Waals surface area contributed by atoms with Gasteiger partial charge >= 0.3 is 0 Å². The van der Waals surface area contributed by atoms with Crippen LogP contribution in [0.3, 0.4) is 0 Å². The van der Waals surface area contributed by atoms with E-state index >= 15 is 0 Å². The van der Waals surface area contributed by atoms with Gasteiger partial charge in [0.1, 0.15) is 0 Å². The van der Waals surface area contributed by atoms with Gasteiger partial charge in [-0.25, -0.2) is 0 Å². The van der Waals surface area contributed by atoms with Gasteiger partial charge in [-0.1, -0.05) is 11.6 Å². The molecule has 1 unspecified atom stereocenters. The van der Waals surface area contributed by atoms with Crippen LogP contribution in [0.25, 0.3) is 0 Å². The van der Waals surface area contributed by atoms with Crippen molar-refractivity contribution in [2.75, 3.05) is 30.7 Å². The number of hydrogen-bond acceptors (Lipinski definition) is 4. The molecule has 1 aliphatic rings. The molecular formula is C15H22ClN3O2. The summed E-state index contributed by atoms with van der Waals surface area (Å²) in [5, 5.41) is 12.8. The van der Waals surface area contributed by atoms with E-state index in [1.807, 2.05) is 6.92 Å². The first-order valence-corrected chi connectivity index (χ1v) is 7.59. The third-order valence-corrected chi connectivity index (χ3v) is 4.28. The molecule has 0 aromatic heterocycles. The second-order valence-corrected chi connectivity index (χ2v) is 6.05. The van der Waals surface area contributed by atoms with Gasteiger partial charge in [-0.05, 0) is 57.0 Å². The van der Waals surface area contributed by atoms with Crippen LogP contribution in [-0.2, 0) is 4.79 Å². The smallest absolute Gasteiger partial charge is 0.238 e. The summed E-state index contributed by atoms with van der Waals surface area (Å²) in [6.45, 7) is 3.81. The SMILES string of the molecule is CC(O)C1CCN(CC(=O)Nc2cc(N)ccc2Cl)CC1. The van der Waals surface area contributed by atoms with Crippen molar-refractivity contribution < 1.29 is 9.90 Å². The monoisotopic (exact) mass is 311 g/mol. The molecule has 116 valence electrons. The minimum absolute atomic E-state index is 0.0991. The highest BCUT2D eigenvalue weighted by Crippen LogP contribution is 2.24. The number of carbonyl (C=O) groups excluding carboxylic acids is 1. The fraction of sp³-hybridized carbons (Fsp3) is 0.533. The van der Waals surface area contributed by atoms with E-state index in [1.54, 1.807) is 18.2 Å². The molecule has 1 aromatic carbocycles. The van der Waals surface area contributed by atoms with Crippen molar-refractivity contribution in [2.24, 2.45) is 5.92 Å². The van der Waals surface area contributed by atoms with Crippen molar-refractivity contribution in [1.29, 1.82) is 0 Å². The molecule has 1 fully saturated rings. The Bertz CT molecular complexity index is 500. The van der Waals surface area contributed by atoms with Crippen LogP contribution in [-0.4, -0.2) is 41.7 Å². The molecular weight excluding hydrogens is 290 g/mol. The van der Waals surface area contributed by atoms with Crippen molar-refractivity contribution in [3.63, 3.8) is 0 Å². The number of amides is 1. The van der Waals surface area contributed by atoms with Gasteiger partial charge in [0, 0.05) is 5.69 Å². The normalized spacial score (nSPS) is 18.4. The van der Waals surface area contributed by atoms with Gasteiger partial charge in [-0.3, -0.25) is 9.69 Å². The molecule has 4 N–H and O–H groups in total. The molecule has 0 spiro atoms. The molecule has 1 aromatic rings. The topological polar surface area (TPSA) is 78.6 Å². The summed E-state index contributed by atoms with van der Waals surface area (Å²) in [7, 11) is 0. The molecule has 21 heavy (non-hydrogen) atoms. The highest BCUT2D eigenvalue weighted by atomic mass is 35.5. The number of carbonyl (C=O) groups is 1. The lowest BCUT2D eigenvalue weighted by Crippen LogP contribution is -2.41. The molecule has 0 radical (unpaired) electrons.